The summed E-state index contributed by atoms with van der Waals surface area (Å²) in [6.45, 7) is 9.14. The topological polar surface area (TPSA) is 37.3 Å². The van der Waals surface area contributed by atoms with E-state index < -0.39 is 0 Å². The van der Waals surface area contributed by atoms with E-state index in [1.165, 1.54) is 16.6 Å². The maximum Gasteiger partial charge on any atom is 0.237 e. The van der Waals surface area contributed by atoms with Gasteiger partial charge in [0.15, 0.2) is 0 Å². The van der Waals surface area contributed by atoms with Crippen molar-refractivity contribution in [3.63, 3.8) is 0 Å². The molecule has 1 aromatic carbocycles. The summed E-state index contributed by atoms with van der Waals surface area (Å²) < 4.78 is 2.27. The fraction of sp³-hybridized carbons (Fsp3) is 0.421. The van der Waals surface area contributed by atoms with Gasteiger partial charge in [-0.1, -0.05) is 24.3 Å². The average molecular weight is 311 g/mol. The van der Waals surface area contributed by atoms with Gasteiger partial charge in [-0.05, 0) is 43.8 Å². The van der Waals surface area contributed by atoms with Gasteiger partial charge in [0.2, 0.25) is 5.91 Å². The fourth-order valence-electron chi connectivity index (χ4n) is 3.56. The summed E-state index contributed by atoms with van der Waals surface area (Å²) in [5.41, 5.74) is 2.46. The molecule has 1 aliphatic rings. The molecule has 2 heterocycles. The number of amides is 1. The van der Waals surface area contributed by atoms with E-state index in [9.17, 15) is 4.79 Å². The number of hydrogen-bond donors (Lipinski definition) is 1. The Morgan fingerprint density at radius 2 is 2.26 bits per heavy atom. The zero-order valence-electron chi connectivity index (χ0n) is 13.8. The summed E-state index contributed by atoms with van der Waals surface area (Å²) in [5, 5.41) is 4.36. The largest absolute Gasteiger partial charge is 0.353 e. The van der Waals surface area contributed by atoms with Crippen LogP contribution < -0.4 is 5.32 Å². The smallest absolute Gasteiger partial charge is 0.237 e. The number of aryl methyl sites for hydroxylation is 1. The highest BCUT2D eigenvalue weighted by molar-refractivity contribution is 5.82. The Bertz CT molecular complexity index is 704. The Kier molecular flexibility index (Phi) is 4.82. The van der Waals surface area contributed by atoms with Gasteiger partial charge in [-0.3, -0.25) is 9.69 Å². The predicted octanol–water partition coefficient (Wildman–Crippen LogP) is 2.72. The van der Waals surface area contributed by atoms with Crippen LogP contribution in [0.3, 0.4) is 0 Å². The van der Waals surface area contributed by atoms with Crippen LogP contribution in [-0.2, 0) is 11.3 Å². The average Bonchev–Trinajstić information content (AvgIpc) is 3.12. The molecule has 1 amide bonds. The lowest BCUT2D eigenvalue weighted by Crippen LogP contribution is -2.44. The summed E-state index contributed by atoms with van der Waals surface area (Å²) in [4.78, 5) is 14.6. The molecular formula is C19H25N3O. The number of fused-ring (bicyclic) bond motifs is 1. The number of likely N-dealkylation sites (tertiary alicyclic amines) is 1. The standard InChI is InChI=1S/C19H25N3O/c1-3-11-21-12-6-9-18(21)19(23)20-10-13-22-15(2)14-16-7-4-5-8-17(16)22/h3-5,7-8,14,18H,1,6,9-13H2,2H3,(H,20,23)/t18-/m0/s1. The van der Waals surface area contributed by atoms with Gasteiger partial charge in [0.25, 0.3) is 0 Å². The molecule has 1 aliphatic heterocycles. The van der Waals surface area contributed by atoms with Crippen molar-refractivity contribution in [1.29, 1.82) is 0 Å². The second-order valence-corrected chi connectivity index (χ2v) is 6.23. The maximum absolute atomic E-state index is 12.4. The molecule has 1 fully saturated rings. The summed E-state index contributed by atoms with van der Waals surface area (Å²) in [6, 6.07) is 10.6. The molecule has 0 spiro atoms. The summed E-state index contributed by atoms with van der Waals surface area (Å²) >= 11 is 0. The van der Waals surface area contributed by atoms with Crippen LogP contribution in [0.2, 0.25) is 0 Å². The molecule has 0 aliphatic carbocycles. The van der Waals surface area contributed by atoms with E-state index in [1.807, 2.05) is 6.08 Å². The minimum absolute atomic E-state index is 0.00973. The molecular weight excluding hydrogens is 286 g/mol. The van der Waals surface area contributed by atoms with Crippen molar-refractivity contribution in [2.75, 3.05) is 19.6 Å². The molecule has 2 aromatic rings. The first-order chi connectivity index (χ1) is 11.2. The van der Waals surface area contributed by atoms with Gasteiger partial charge in [-0.15, -0.1) is 6.58 Å². The molecule has 122 valence electrons. The van der Waals surface area contributed by atoms with Crippen LogP contribution in [0.25, 0.3) is 10.9 Å². The van der Waals surface area contributed by atoms with E-state index in [0.29, 0.717) is 6.54 Å². The summed E-state index contributed by atoms with van der Waals surface area (Å²) in [7, 11) is 0. The first-order valence-corrected chi connectivity index (χ1v) is 8.38. The van der Waals surface area contributed by atoms with Gasteiger partial charge in [0.1, 0.15) is 0 Å². The van der Waals surface area contributed by atoms with E-state index in [2.05, 4.69) is 58.6 Å². The molecule has 1 saturated heterocycles. The number of nitrogens with zero attached hydrogens (tertiary/aromatic N) is 2. The maximum atomic E-state index is 12.4. The van der Waals surface area contributed by atoms with E-state index in [1.54, 1.807) is 0 Å². The third kappa shape index (κ3) is 3.32. The van der Waals surface area contributed by atoms with Crippen molar-refractivity contribution in [3.05, 3.63) is 48.7 Å². The number of rotatable bonds is 6. The number of nitrogens with one attached hydrogen (secondary N) is 1. The molecule has 0 unspecified atom stereocenters. The quantitative estimate of drug-likeness (QED) is 0.833. The third-order valence-corrected chi connectivity index (χ3v) is 4.68. The number of benzene rings is 1. The lowest BCUT2D eigenvalue weighted by Gasteiger charge is -2.22. The second kappa shape index (κ2) is 7.01. The van der Waals surface area contributed by atoms with Gasteiger partial charge in [-0.2, -0.15) is 0 Å². The molecule has 4 nitrogen and oxygen atoms in total. The van der Waals surface area contributed by atoms with Crippen LogP contribution in [0.1, 0.15) is 18.5 Å². The Morgan fingerprint density at radius 3 is 3.09 bits per heavy atom. The lowest BCUT2D eigenvalue weighted by molar-refractivity contribution is -0.125. The Balaban J connectivity index is 1.59. The molecule has 0 saturated carbocycles. The summed E-state index contributed by atoms with van der Waals surface area (Å²) in [6.07, 6.45) is 3.92. The van der Waals surface area contributed by atoms with Crippen LogP contribution in [-0.4, -0.2) is 41.1 Å². The fourth-order valence-corrected chi connectivity index (χ4v) is 3.56. The minimum Gasteiger partial charge on any atom is -0.353 e. The number of aromatic nitrogens is 1. The van der Waals surface area contributed by atoms with Crippen LogP contribution in [0.4, 0.5) is 0 Å². The van der Waals surface area contributed by atoms with Crippen molar-refractivity contribution >= 4 is 16.8 Å². The normalized spacial score (nSPS) is 18.4. The molecule has 1 atom stereocenters. The van der Waals surface area contributed by atoms with Gasteiger partial charge in [-0.25, -0.2) is 0 Å². The van der Waals surface area contributed by atoms with E-state index in [-0.39, 0.29) is 11.9 Å². The second-order valence-electron chi connectivity index (χ2n) is 6.23. The Morgan fingerprint density at radius 1 is 1.43 bits per heavy atom. The monoisotopic (exact) mass is 311 g/mol. The number of carbonyl (C=O) groups is 1. The van der Waals surface area contributed by atoms with Gasteiger partial charge in [0.05, 0.1) is 6.04 Å². The van der Waals surface area contributed by atoms with Gasteiger partial charge in [0, 0.05) is 30.8 Å². The molecule has 1 aromatic heterocycles. The highest BCUT2D eigenvalue weighted by Gasteiger charge is 2.29. The third-order valence-electron chi connectivity index (χ3n) is 4.68. The van der Waals surface area contributed by atoms with Crippen LogP contribution in [0.15, 0.2) is 43.0 Å². The highest BCUT2D eigenvalue weighted by Crippen LogP contribution is 2.19. The predicted molar refractivity (Wildman–Crippen MR) is 94.5 cm³/mol. The molecule has 23 heavy (non-hydrogen) atoms. The van der Waals surface area contributed by atoms with Gasteiger partial charge < -0.3 is 9.88 Å². The van der Waals surface area contributed by atoms with Crippen molar-refractivity contribution in [2.24, 2.45) is 0 Å². The minimum atomic E-state index is 0.00973. The molecule has 0 bridgehead atoms. The SMILES string of the molecule is C=CCN1CCC[C@H]1C(=O)NCCn1c(C)cc2ccccc21. The number of carbonyl (C=O) groups excluding carboxylic acids is 1. The van der Waals surface area contributed by atoms with Crippen molar-refractivity contribution < 1.29 is 4.79 Å². The first-order valence-electron chi connectivity index (χ1n) is 8.38. The van der Waals surface area contributed by atoms with Crippen LogP contribution in [0.5, 0.6) is 0 Å². The Labute approximate surface area is 137 Å². The van der Waals surface area contributed by atoms with Crippen molar-refractivity contribution in [1.82, 2.24) is 14.8 Å². The lowest BCUT2D eigenvalue weighted by atomic mass is 10.2. The molecule has 4 heteroatoms. The van der Waals surface area contributed by atoms with E-state index >= 15 is 0 Å². The highest BCUT2D eigenvalue weighted by atomic mass is 16.2. The first kappa shape index (κ1) is 15.8. The molecule has 3 rings (SSSR count). The molecule has 0 radical (unpaired) electrons. The van der Waals surface area contributed by atoms with Crippen LogP contribution >= 0.6 is 0 Å². The van der Waals surface area contributed by atoms with E-state index in [4.69, 9.17) is 0 Å². The number of para-hydroxylation sites is 1. The van der Waals surface area contributed by atoms with Crippen molar-refractivity contribution in [2.45, 2.75) is 32.4 Å². The number of hydrogen-bond acceptors (Lipinski definition) is 2. The zero-order valence-corrected chi connectivity index (χ0v) is 13.8. The van der Waals surface area contributed by atoms with E-state index in [0.717, 1.165) is 32.5 Å². The zero-order chi connectivity index (χ0) is 16.2. The molecule has 1 N–H and O–H groups in total. The van der Waals surface area contributed by atoms with Crippen LogP contribution in [0, 0.1) is 6.92 Å². The summed E-state index contributed by atoms with van der Waals surface area (Å²) in [5.74, 6) is 0.151. The Hall–Kier alpha value is -2.07. The van der Waals surface area contributed by atoms with Crippen molar-refractivity contribution in [3.8, 4) is 0 Å². The van der Waals surface area contributed by atoms with Gasteiger partial charge >= 0.3 is 0 Å².